The van der Waals surface area contributed by atoms with Gasteiger partial charge in [0.05, 0.1) is 12.2 Å². The Morgan fingerprint density at radius 2 is 2.26 bits per heavy atom. The fourth-order valence-corrected chi connectivity index (χ4v) is 3.58. The Hall–Kier alpha value is -1.78. The number of hydrogen-bond donors (Lipinski definition) is 2. The number of likely N-dealkylation sites (tertiary alicyclic amines) is 1. The van der Waals surface area contributed by atoms with Crippen LogP contribution in [-0.2, 0) is 11.8 Å². The smallest absolute Gasteiger partial charge is 0.279 e. The number of carbonyl (C=O) groups is 1. The summed E-state index contributed by atoms with van der Waals surface area (Å²) < 4.78 is 2.16. The molecule has 1 fully saturated rings. The quantitative estimate of drug-likeness (QED) is 0.886. The van der Waals surface area contributed by atoms with E-state index < -0.39 is 0 Å². The average molecular weight is 333 g/mol. The monoisotopic (exact) mass is 332 g/mol. The molecule has 0 aliphatic carbocycles. The lowest BCUT2D eigenvalue weighted by Crippen LogP contribution is -3.11. The number of rotatable bonds is 4. The first-order valence-corrected chi connectivity index (χ1v) is 8.44. The second-order valence-corrected chi connectivity index (χ2v) is 6.74. The van der Waals surface area contributed by atoms with Crippen LogP contribution in [0, 0.1) is 6.92 Å². The third kappa shape index (κ3) is 3.59. The van der Waals surface area contributed by atoms with E-state index in [-0.39, 0.29) is 5.91 Å². The zero-order valence-electron chi connectivity index (χ0n) is 13.6. The van der Waals surface area contributed by atoms with Gasteiger partial charge >= 0.3 is 0 Å². The highest BCUT2D eigenvalue weighted by Crippen LogP contribution is 2.20. The number of quaternary nitrogens is 1. The van der Waals surface area contributed by atoms with E-state index in [0.29, 0.717) is 17.6 Å². The molecule has 0 saturated carbocycles. The summed E-state index contributed by atoms with van der Waals surface area (Å²) in [6.45, 7) is 3.48. The van der Waals surface area contributed by atoms with Gasteiger partial charge in [-0.1, -0.05) is 17.7 Å². The van der Waals surface area contributed by atoms with E-state index >= 15 is 0 Å². The SMILES string of the molecule is Cc1ccc(NC(=O)C[NH+]2CCC[C@H]2c2cccn2C)cc1Cl. The van der Waals surface area contributed by atoms with Crippen molar-refractivity contribution < 1.29 is 9.69 Å². The van der Waals surface area contributed by atoms with Crippen LogP contribution in [0.5, 0.6) is 0 Å². The summed E-state index contributed by atoms with van der Waals surface area (Å²) >= 11 is 6.12. The van der Waals surface area contributed by atoms with Gasteiger partial charge in [0.2, 0.25) is 0 Å². The fraction of sp³-hybridized carbons (Fsp3) is 0.389. The normalized spacial score (nSPS) is 20.7. The lowest BCUT2D eigenvalue weighted by molar-refractivity contribution is -0.910. The molecule has 1 aromatic carbocycles. The summed E-state index contributed by atoms with van der Waals surface area (Å²) in [4.78, 5) is 13.7. The Balaban J connectivity index is 1.65. The van der Waals surface area contributed by atoms with Crippen molar-refractivity contribution in [3.05, 3.63) is 52.8 Å². The van der Waals surface area contributed by atoms with Gasteiger partial charge in [0.25, 0.3) is 5.91 Å². The molecule has 1 aliphatic heterocycles. The fourth-order valence-electron chi connectivity index (χ4n) is 3.40. The molecule has 2 N–H and O–H groups in total. The number of amides is 1. The van der Waals surface area contributed by atoms with Crippen molar-refractivity contribution in [1.29, 1.82) is 0 Å². The molecule has 0 bridgehead atoms. The van der Waals surface area contributed by atoms with E-state index in [1.807, 2.05) is 25.1 Å². The molecule has 1 saturated heterocycles. The first-order valence-electron chi connectivity index (χ1n) is 8.06. The van der Waals surface area contributed by atoms with Crippen molar-refractivity contribution >= 4 is 23.2 Å². The van der Waals surface area contributed by atoms with E-state index in [0.717, 1.165) is 30.6 Å². The van der Waals surface area contributed by atoms with Crippen LogP contribution in [0.4, 0.5) is 5.69 Å². The number of anilines is 1. The molecule has 4 nitrogen and oxygen atoms in total. The minimum Gasteiger partial charge on any atom is -0.350 e. The lowest BCUT2D eigenvalue weighted by Gasteiger charge is -2.21. The minimum atomic E-state index is 0.0426. The molecule has 1 aliphatic rings. The highest BCUT2D eigenvalue weighted by Gasteiger charge is 2.32. The molecule has 2 heterocycles. The number of aromatic nitrogens is 1. The molecule has 2 atom stereocenters. The molecule has 0 radical (unpaired) electrons. The van der Waals surface area contributed by atoms with Crippen LogP contribution in [0.1, 0.15) is 30.1 Å². The van der Waals surface area contributed by atoms with Crippen molar-refractivity contribution in [2.45, 2.75) is 25.8 Å². The lowest BCUT2D eigenvalue weighted by atomic mass is 10.1. The maximum absolute atomic E-state index is 12.4. The predicted molar refractivity (Wildman–Crippen MR) is 92.9 cm³/mol. The summed E-state index contributed by atoms with van der Waals surface area (Å²) in [6.07, 6.45) is 4.37. The van der Waals surface area contributed by atoms with Crippen molar-refractivity contribution in [3.63, 3.8) is 0 Å². The molecule has 122 valence electrons. The molecule has 1 unspecified atom stereocenters. The third-order valence-corrected chi connectivity index (χ3v) is 5.07. The maximum atomic E-state index is 12.4. The number of hydrogen-bond acceptors (Lipinski definition) is 1. The van der Waals surface area contributed by atoms with E-state index in [4.69, 9.17) is 11.6 Å². The predicted octanol–water partition coefficient (Wildman–Crippen LogP) is 2.35. The highest BCUT2D eigenvalue weighted by atomic mass is 35.5. The molecule has 3 rings (SSSR count). The van der Waals surface area contributed by atoms with Crippen molar-refractivity contribution in [2.24, 2.45) is 7.05 Å². The average Bonchev–Trinajstić information content (AvgIpc) is 3.11. The third-order valence-electron chi connectivity index (χ3n) is 4.67. The van der Waals surface area contributed by atoms with Crippen LogP contribution in [0.25, 0.3) is 0 Å². The van der Waals surface area contributed by atoms with Crippen LogP contribution in [0.15, 0.2) is 36.5 Å². The summed E-state index contributed by atoms with van der Waals surface area (Å²) in [5.74, 6) is 0.0426. The van der Waals surface area contributed by atoms with Crippen LogP contribution in [0.3, 0.4) is 0 Å². The zero-order chi connectivity index (χ0) is 16.4. The van der Waals surface area contributed by atoms with Gasteiger partial charge in [0, 0.05) is 36.8 Å². The second-order valence-electron chi connectivity index (χ2n) is 6.34. The van der Waals surface area contributed by atoms with Gasteiger partial charge in [-0.3, -0.25) is 4.79 Å². The number of nitrogens with zero attached hydrogens (tertiary/aromatic N) is 1. The Labute approximate surface area is 142 Å². The number of halogens is 1. The number of carbonyl (C=O) groups excluding carboxylic acids is 1. The molecule has 1 amide bonds. The van der Waals surface area contributed by atoms with Crippen LogP contribution in [-0.4, -0.2) is 23.6 Å². The van der Waals surface area contributed by atoms with Gasteiger partial charge in [-0.2, -0.15) is 0 Å². The highest BCUT2D eigenvalue weighted by molar-refractivity contribution is 6.31. The Morgan fingerprint density at radius 1 is 1.43 bits per heavy atom. The van der Waals surface area contributed by atoms with Crippen LogP contribution in [0.2, 0.25) is 5.02 Å². The molecule has 23 heavy (non-hydrogen) atoms. The first-order chi connectivity index (χ1) is 11.0. The molecule has 5 heteroatoms. The summed E-state index contributed by atoms with van der Waals surface area (Å²) in [5.41, 5.74) is 3.09. The van der Waals surface area contributed by atoms with E-state index in [1.54, 1.807) is 0 Å². The van der Waals surface area contributed by atoms with Gasteiger partial charge in [-0.15, -0.1) is 0 Å². The van der Waals surface area contributed by atoms with Crippen LogP contribution < -0.4 is 10.2 Å². The summed E-state index contributed by atoms with van der Waals surface area (Å²) in [6, 6.07) is 10.3. The number of benzene rings is 1. The first kappa shape index (κ1) is 16.1. The Kier molecular flexibility index (Phi) is 4.74. The van der Waals surface area contributed by atoms with E-state index in [1.165, 1.54) is 10.6 Å². The Bertz CT molecular complexity index is 710. The van der Waals surface area contributed by atoms with Gasteiger partial charge in [0.15, 0.2) is 6.54 Å². The largest absolute Gasteiger partial charge is 0.350 e. The van der Waals surface area contributed by atoms with Gasteiger partial charge in [-0.25, -0.2) is 0 Å². The number of nitrogens with one attached hydrogen (secondary N) is 2. The standard InChI is InChI=1S/C18H22ClN3O/c1-13-7-8-14(11-15(13)19)20-18(23)12-22-10-4-6-17(22)16-5-3-9-21(16)2/h3,5,7-9,11,17H,4,6,10,12H2,1-2H3,(H,20,23)/p+1/t17-/m0/s1. The topological polar surface area (TPSA) is 38.5 Å². The van der Waals surface area contributed by atoms with Crippen molar-refractivity contribution in [1.82, 2.24) is 4.57 Å². The van der Waals surface area contributed by atoms with Crippen LogP contribution >= 0.6 is 11.6 Å². The van der Waals surface area contributed by atoms with Gasteiger partial charge in [-0.05, 0) is 36.8 Å². The zero-order valence-corrected chi connectivity index (χ0v) is 14.4. The minimum absolute atomic E-state index is 0.0426. The molecule has 1 aromatic heterocycles. The molecular formula is C18H23ClN3O+. The molecule has 2 aromatic rings. The van der Waals surface area contributed by atoms with Gasteiger partial charge < -0.3 is 14.8 Å². The molecular weight excluding hydrogens is 310 g/mol. The second kappa shape index (κ2) is 6.77. The summed E-state index contributed by atoms with van der Waals surface area (Å²) in [7, 11) is 2.07. The van der Waals surface area contributed by atoms with Crippen molar-refractivity contribution in [2.75, 3.05) is 18.4 Å². The van der Waals surface area contributed by atoms with E-state index in [9.17, 15) is 4.79 Å². The van der Waals surface area contributed by atoms with Crippen molar-refractivity contribution in [3.8, 4) is 0 Å². The summed E-state index contributed by atoms with van der Waals surface area (Å²) in [5, 5.41) is 3.65. The maximum Gasteiger partial charge on any atom is 0.279 e. The van der Waals surface area contributed by atoms with E-state index in [2.05, 4.69) is 35.3 Å². The number of aryl methyl sites for hydroxylation is 2. The van der Waals surface area contributed by atoms with Gasteiger partial charge in [0.1, 0.15) is 6.04 Å². The Morgan fingerprint density at radius 3 is 2.96 bits per heavy atom. The molecule has 0 spiro atoms.